The van der Waals surface area contributed by atoms with Crippen molar-refractivity contribution < 1.29 is 18.0 Å². The summed E-state index contributed by atoms with van der Waals surface area (Å²) in [6, 6.07) is 1.68. The molecular formula is C12H13F3N2O. The molecule has 0 aromatic heterocycles. The molecule has 3 nitrogen and oxygen atoms in total. The van der Waals surface area contributed by atoms with Crippen LogP contribution in [0.5, 0.6) is 0 Å². The molecular weight excluding hydrogens is 245 g/mol. The van der Waals surface area contributed by atoms with E-state index in [9.17, 15) is 18.0 Å². The third-order valence-electron chi connectivity index (χ3n) is 3.06. The number of hydrogen-bond donors (Lipinski definition) is 2. The molecule has 1 unspecified atom stereocenters. The van der Waals surface area contributed by atoms with Gasteiger partial charge >= 0.3 is 0 Å². The Hall–Kier alpha value is -1.56. The average molecular weight is 258 g/mol. The van der Waals surface area contributed by atoms with E-state index in [1.165, 1.54) is 0 Å². The molecule has 2 rings (SSSR count). The van der Waals surface area contributed by atoms with E-state index in [0.717, 1.165) is 18.7 Å². The first kappa shape index (κ1) is 12.9. The highest BCUT2D eigenvalue weighted by Gasteiger charge is 2.31. The van der Waals surface area contributed by atoms with Gasteiger partial charge in [0, 0.05) is 6.54 Å². The van der Waals surface area contributed by atoms with Gasteiger partial charge in [-0.1, -0.05) is 0 Å². The monoisotopic (exact) mass is 258 g/mol. The summed E-state index contributed by atoms with van der Waals surface area (Å²) in [5.74, 6) is -5.13. The van der Waals surface area contributed by atoms with Crippen LogP contribution in [0.4, 0.5) is 13.2 Å². The maximum absolute atomic E-state index is 13.4. The van der Waals surface area contributed by atoms with Crippen LogP contribution in [-0.2, 0) is 0 Å². The number of benzene rings is 1. The summed E-state index contributed by atoms with van der Waals surface area (Å²) < 4.78 is 39.2. The number of hydrogen-bond acceptors (Lipinski definition) is 2. The Balaban J connectivity index is 2.22. The number of rotatable bonds is 2. The standard InChI is InChI=1S/C12H13F3N2O/c1-12(4-5-16-6-12)17-11(18)7-2-3-8(13)10(15)9(7)14/h2-3,16H,4-6H2,1H3,(H,17,18). The molecule has 0 saturated carbocycles. The lowest BCUT2D eigenvalue weighted by molar-refractivity contribution is 0.0907. The molecule has 2 N–H and O–H groups in total. The molecule has 18 heavy (non-hydrogen) atoms. The number of carbonyl (C=O) groups is 1. The Morgan fingerprint density at radius 3 is 2.67 bits per heavy atom. The lowest BCUT2D eigenvalue weighted by Crippen LogP contribution is -2.47. The van der Waals surface area contributed by atoms with Crippen LogP contribution in [0, 0.1) is 17.5 Å². The van der Waals surface area contributed by atoms with E-state index >= 15 is 0 Å². The van der Waals surface area contributed by atoms with E-state index < -0.39 is 34.5 Å². The lowest BCUT2D eigenvalue weighted by Gasteiger charge is -2.24. The molecule has 1 aromatic carbocycles. The maximum atomic E-state index is 13.4. The van der Waals surface area contributed by atoms with Gasteiger partial charge in [0.2, 0.25) is 0 Å². The van der Waals surface area contributed by atoms with Gasteiger partial charge in [-0.05, 0) is 32.0 Å². The van der Waals surface area contributed by atoms with Crippen molar-refractivity contribution in [2.75, 3.05) is 13.1 Å². The molecule has 0 bridgehead atoms. The third-order valence-corrected chi connectivity index (χ3v) is 3.06. The Morgan fingerprint density at radius 1 is 1.33 bits per heavy atom. The number of halogens is 3. The number of carbonyl (C=O) groups excluding carboxylic acids is 1. The molecule has 1 saturated heterocycles. The second-order valence-electron chi connectivity index (χ2n) is 4.66. The van der Waals surface area contributed by atoms with E-state index in [1.54, 1.807) is 0 Å². The van der Waals surface area contributed by atoms with E-state index in [2.05, 4.69) is 10.6 Å². The van der Waals surface area contributed by atoms with Crippen molar-refractivity contribution >= 4 is 5.91 Å². The van der Waals surface area contributed by atoms with Crippen molar-refractivity contribution in [2.45, 2.75) is 18.9 Å². The molecule has 0 aliphatic carbocycles. The zero-order valence-electron chi connectivity index (χ0n) is 9.82. The average Bonchev–Trinajstić information content (AvgIpc) is 2.72. The fourth-order valence-corrected chi connectivity index (χ4v) is 1.97. The zero-order chi connectivity index (χ0) is 13.3. The first-order valence-corrected chi connectivity index (χ1v) is 5.60. The van der Waals surface area contributed by atoms with Crippen LogP contribution in [0.1, 0.15) is 23.7 Å². The highest BCUT2D eigenvalue weighted by molar-refractivity contribution is 5.95. The van der Waals surface area contributed by atoms with E-state index in [4.69, 9.17) is 0 Å². The molecule has 6 heteroatoms. The van der Waals surface area contributed by atoms with Crippen LogP contribution in [0.25, 0.3) is 0 Å². The van der Waals surface area contributed by atoms with Crippen LogP contribution >= 0.6 is 0 Å². The summed E-state index contributed by atoms with van der Waals surface area (Å²) in [5, 5.41) is 5.69. The SMILES string of the molecule is CC1(NC(=O)c2ccc(F)c(F)c2F)CCNC1. The highest BCUT2D eigenvalue weighted by Crippen LogP contribution is 2.18. The van der Waals surface area contributed by atoms with Crippen LogP contribution in [0.15, 0.2) is 12.1 Å². The minimum atomic E-state index is -1.63. The first-order valence-electron chi connectivity index (χ1n) is 5.60. The van der Waals surface area contributed by atoms with Gasteiger partial charge in [0.15, 0.2) is 17.5 Å². The summed E-state index contributed by atoms with van der Waals surface area (Å²) in [4.78, 5) is 11.8. The predicted octanol–water partition coefficient (Wildman–Crippen LogP) is 1.59. The van der Waals surface area contributed by atoms with E-state index in [-0.39, 0.29) is 0 Å². The smallest absolute Gasteiger partial charge is 0.254 e. The molecule has 1 aliphatic heterocycles. The molecule has 1 atom stereocenters. The van der Waals surface area contributed by atoms with Gasteiger partial charge in [-0.2, -0.15) is 0 Å². The summed E-state index contributed by atoms with van der Waals surface area (Å²) >= 11 is 0. The van der Waals surface area contributed by atoms with Crippen LogP contribution in [0.3, 0.4) is 0 Å². The van der Waals surface area contributed by atoms with Crippen molar-refractivity contribution in [1.82, 2.24) is 10.6 Å². The van der Waals surface area contributed by atoms with Gasteiger partial charge < -0.3 is 10.6 Å². The highest BCUT2D eigenvalue weighted by atomic mass is 19.2. The minimum Gasteiger partial charge on any atom is -0.345 e. The summed E-state index contributed by atoms with van der Waals surface area (Å²) in [5.41, 5.74) is -0.976. The second-order valence-corrected chi connectivity index (χ2v) is 4.66. The predicted molar refractivity (Wildman–Crippen MR) is 59.7 cm³/mol. The van der Waals surface area contributed by atoms with E-state index in [0.29, 0.717) is 13.0 Å². The molecule has 1 amide bonds. The minimum absolute atomic E-state index is 0.484. The van der Waals surface area contributed by atoms with Gasteiger partial charge in [-0.25, -0.2) is 13.2 Å². The number of amides is 1. The van der Waals surface area contributed by atoms with Gasteiger partial charge in [0.25, 0.3) is 5.91 Å². The normalized spacial score (nSPS) is 23.1. The zero-order valence-corrected chi connectivity index (χ0v) is 9.82. The van der Waals surface area contributed by atoms with Crippen molar-refractivity contribution in [1.29, 1.82) is 0 Å². The summed E-state index contributed by atoms with van der Waals surface area (Å²) in [7, 11) is 0. The molecule has 0 radical (unpaired) electrons. The largest absolute Gasteiger partial charge is 0.345 e. The summed E-state index contributed by atoms with van der Waals surface area (Å²) in [6.45, 7) is 3.11. The van der Waals surface area contributed by atoms with Gasteiger partial charge in [-0.15, -0.1) is 0 Å². The first-order chi connectivity index (χ1) is 8.43. The Labute approximate surface area is 102 Å². The van der Waals surface area contributed by atoms with Crippen molar-refractivity contribution in [3.8, 4) is 0 Å². The molecule has 1 aromatic rings. The quantitative estimate of drug-likeness (QED) is 0.791. The Morgan fingerprint density at radius 2 is 2.06 bits per heavy atom. The van der Waals surface area contributed by atoms with Gasteiger partial charge in [0.05, 0.1) is 11.1 Å². The maximum Gasteiger partial charge on any atom is 0.254 e. The van der Waals surface area contributed by atoms with Crippen molar-refractivity contribution in [3.63, 3.8) is 0 Å². The van der Waals surface area contributed by atoms with Crippen LogP contribution < -0.4 is 10.6 Å². The Kier molecular flexibility index (Phi) is 3.30. The van der Waals surface area contributed by atoms with Gasteiger partial charge in [0.1, 0.15) is 0 Å². The van der Waals surface area contributed by atoms with Crippen molar-refractivity contribution in [2.24, 2.45) is 0 Å². The molecule has 0 spiro atoms. The number of nitrogens with one attached hydrogen (secondary N) is 2. The van der Waals surface area contributed by atoms with Crippen LogP contribution in [-0.4, -0.2) is 24.5 Å². The molecule has 1 fully saturated rings. The molecule has 1 heterocycles. The molecule has 1 aliphatic rings. The lowest BCUT2D eigenvalue weighted by atomic mass is 10.0. The third kappa shape index (κ3) is 2.33. The topological polar surface area (TPSA) is 41.1 Å². The summed E-state index contributed by atoms with van der Waals surface area (Å²) in [6.07, 6.45) is 0.698. The van der Waals surface area contributed by atoms with Crippen LogP contribution in [0.2, 0.25) is 0 Å². The second kappa shape index (κ2) is 4.61. The fourth-order valence-electron chi connectivity index (χ4n) is 1.97. The van der Waals surface area contributed by atoms with Crippen molar-refractivity contribution in [3.05, 3.63) is 35.1 Å². The Bertz CT molecular complexity index is 484. The molecule has 98 valence electrons. The van der Waals surface area contributed by atoms with E-state index in [1.807, 2.05) is 6.92 Å². The fraction of sp³-hybridized carbons (Fsp3) is 0.417. The van der Waals surface area contributed by atoms with Gasteiger partial charge in [-0.3, -0.25) is 4.79 Å².